The van der Waals surface area contributed by atoms with Crippen LogP contribution >= 0.6 is 0 Å². The van der Waals surface area contributed by atoms with Crippen molar-refractivity contribution in [3.05, 3.63) is 84.3 Å². The predicted octanol–water partition coefficient (Wildman–Crippen LogP) is 4.48. The van der Waals surface area contributed by atoms with E-state index in [1.165, 1.54) is 0 Å². The minimum absolute atomic E-state index is 0.0378. The smallest absolute Gasteiger partial charge is 0.229 e. The van der Waals surface area contributed by atoms with Crippen LogP contribution in [0.15, 0.2) is 77.6 Å². The molecule has 5 heteroatoms. The third-order valence-electron chi connectivity index (χ3n) is 4.82. The van der Waals surface area contributed by atoms with E-state index in [0.29, 0.717) is 24.4 Å². The van der Waals surface area contributed by atoms with E-state index in [2.05, 4.69) is 22.3 Å². The lowest BCUT2D eigenvalue weighted by Crippen LogP contribution is -2.31. The van der Waals surface area contributed by atoms with Gasteiger partial charge in [-0.05, 0) is 53.9 Å². The Morgan fingerprint density at radius 3 is 2.64 bits per heavy atom. The van der Waals surface area contributed by atoms with Crippen molar-refractivity contribution in [2.45, 2.75) is 19.9 Å². The molecule has 0 saturated carbocycles. The van der Waals surface area contributed by atoms with Crippen LogP contribution in [-0.2, 0) is 17.8 Å². The van der Waals surface area contributed by atoms with Gasteiger partial charge in [-0.25, -0.2) is 0 Å². The summed E-state index contributed by atoms with van der Waals surface area (Å²) >= 11 is 0. The fraction of sp³-hybridized carbons (Fsp3) is 0.174. The number of benzene rings is 2. The molecular weight excluding hydrogens is 350 g/mol. The van der Waals surface area contributed by atoms with Crippen LogP contribution in [0, 0.1) is 0 Å². The zero-order valence-corrected chi connectivity index (χ0v) is 15.7. The SMILES string of the molecule is CCN(Cc1cccc(-c2ccncc2)c1)C(=O)Cc1noc2ccccc12. The fourth-order valence-electron chi connectivity index (χ4n) is 3.31. The van der Waals surface area contributed by atoms with E-state index in [4.69, 9.17) is 4.52 Å². The highest BCUT2D eigenvalue weighted by atomic mass is 16.5. The maximum Gasteiger partial charge on any atom is 0.229 e. The monoisotopic (exact) mass is 371 g/mol. The van der Waals surface area contributed by atoms with E-state index in [0.717, 1.165) is 22.1 Å². The van der Waals surface area contributed by atoms with Crippen molar-refractivity contribution in [1.82, 2.24) is 15.0 Å². The van der Waals surface area contributed by atoms with Crippen LogP contribution in [0.4, 0.5) is 0 Å². The quantitative estimate of drug-likeness (QED) is 0.501. The van der Waals surface area contributed by atoms with Crippen molar-refractivity contribution in [2.75, 3.05) is 6.54 Å². The Hall–Kier alpha value is -3.47. The number of hydrogen-bond donors (Lipinski definition) is 0. The summed E-state index contributed by atoms with van der Waals surface area (Å²) in [5, 5.41) is 4.98. The third kappa shape index (κ3) is 3.78. The van der Waals surface area contributed by atoms with Crippen molar-refractivity contribution >= 4 is 16.9 Å². The van der Waals surface area contributed by atoms with E-state index in [1.54, 1.807) is 12.4 Å². The first-order chi connectivity index (χ1) is 13.7. The molecule has 2 aromatic heterocycles. The molecule has 0 atom stereocenters. The summed E-state index contributed by atoms with van der Waals surface area (Å²) in [4.78, 5) is 18.8. The number of rotatable bonds is 6. The van der Waals surface area contributed by atoms with E-state index in [-0.39, 0.29) is 12.3 Å². The largest absolute Gasteiger partial charge is 0.356 e. The van der Waals surface area contributed by atoms with Crippen molar-refractivity contribution in [2.24, 2.45) is 0 Å². The van der Waals surface area contributed by atoms with Gasteiger partial charge in [0.05, 0.1) is 6.42 Å². The molecule has 0 bridgehead atoms. The number of amides is 1. The summed E-state index contributed by atoms with van der Waals surface area (Å²) in [6, 6.07) is 19.8. The van der Waals surface area contributed by atoms with Crippen LogP contribution in [0.5, 0.6) is 0 Å². The summed E-state index contributed by atoms with van der Waals surface area (Å²) in [6.07, 6.45) is 3.80. The maximum atomic E-state index is 12.9. The van der Waals surface area contributed by atoms with Gasteiger partial charge in [-0.15, -0.1) is 0 Å². The van der Waals surface area contributed by atoms with Crippen LogP contribution < -0.4 is 0 Å². The number of para-hydroxylation sites is 1. The Balaban J connectivity index is 1.51. The van der Waals surface area contributed by atoms with Gasteiger partial charge in [0, 0.05) is 30.9 Å². The lowest BCUT2D eigenvalue weighted by Gasteiger charge is -2.21. The van der Waals surface area contributed by atoms with E-state index < -0.39 is 0 Å². The van der Waals surface area contributed by atoms with Gasteiger partial charge < -0.3 is 9.42 Å². The van der Waals surface area contributed by atoms with Gasteiger partial charge in [0.25, 0.3) is 0 Å². The summed E-state index contributed by atoms with van der Waals surface area (Å²) in [7, 11) is 0. The van der Waals surface area contributed by atoms with Crippen LogP contribution in [-0.4, -0.2) is 27.5 Å². The number of hydrogen-bond acceptors (Lipinski definition) is 4. The zero-order chi connectivity index (χ0) is 19.3. The standard InChI is InChI=1S/C23H21N3O2/c1-2-26(23(27)15-21-20-8-3-4-9-22(20)28-25-21)16-17-6-5-7-19(14-17)18-10-12-24-13-11-18/h3-14H,2,15-16H2,1H3. The van der Waals surface area contributed by atoms with E-state index in [1.807, 2.05) is 60.4 Å². The fourth-order valence-corrected chi connectivity index (χ4v) is 3.31. The molecule has 0 saturated heterocycles. The molecule has 140 valence electrons. The molecule has 4 rings (SSSR count). The summed E-state index contributed by atoms with van der Waals surface area (Å²) < 4.78 is 5.32. The number of pyridine rings is 1. The molecule has 4 aromatic rings. The minimum Gasteiger partial charge on any atom is -0.356 e. The Kier molecular flexibility index (Phi) is 5.15. The number of aromatic nitrogens is 2. The van der Waals surface area contributed by atoms with Gasteiger partial charge in [0.15, 0.2) is 5.58 Å². The van der Waals surface area contributed by atoms with Crippen LogP contribution in [0.1, 0.15) is 18.2 Å². The van der Waals surface area contributed by atoms with Crippen molar-refractivity contribution in [1.29, 1.82) is 0 Å². The first-order valence-electron chi connectivity index (χ1n) is 9.35. The van der Waals surface area contributed by atoms with Gasteiger partial charge in [-0.3, -0.25) is 9.78 Å². The summed E-state index contributed by atoms with van der Waals surface area (Å²) in [6.45, 7) is 3.18. The molecule has 28 heavy (non-hydrogen) atoms. The first kappa shape index (κ1) is 17.9. The van der Waals surface area contributed by atoms with Crippen molar-refractivity contribution in [3.63, 3.8) is 0 Å². The number of nitrogens with zero attached hydrogens (tertiary/aromatic N) is 3. The number of carbonyl (C=O) groups excluding carboxylic acids is 1. The van der Waals surface area contributed by atoms with E-state index in [9.17, 15) is 4.79 Å². The molecule has 1 amide bonds. The summed E-state index contributed by atoms with van der Waals surface area (Å²) in [5.41, 5.74) is 4.71. The molecule has 0 aliphatic rings. The number of fused-ring (bicyclic) bond motifs is 1. The molecule has 0 aliphatic heterocycles. The molecule has 2 heterocycles. The van der Waals surface area contributed by atoms with Gasteiger partial charge in [-0.1, -0.05) is 35.5 Å². The predicted molar refractivity (Wildman–Crippen MR) is 108 cm³/mol. The highest BCUT2D eigenvalue weighted by Crippen LogP contribution is 2.21. The Morgan fingerprint density at radius 2 is 1.82 bits per heavy atom. The lowest BCUT2D eigenvalue weighted by molar-refractivity contribution is -0.130. The molecule has 0 spiro atoms. The number of likely N-dealkylation sites (N-methyl/N-ethyl adjacent to an activating group) is 1. The molecule has 2 aromatic carbocycles. The first-order valence-corrected chi connectivity index (χ1v) is 9.35. The maximum absolute atomic E-state index is 12.9. The van der Waals surface area contributed by atoms with Gasteiger partial charge in [0.2, 0.25) is 5.91 Å². The average Bonchev–Trinajstić information content (AvgIpc) is 3.15. The Morgan fingerprint density at radius 1 is 1.00 bits per heavy atom. The van der Waals surface area contributed by atoms with Gasteiger partial charge in [-0.2, -0.15) is 0 Å². The molecule has 0 radical (unpaired) electrons. The van der Waals surface area contributed by atoms with Crippen LogP contribution in [0.2, 0.25) is 0 Å². The number of carbonyl (C=O) groups is 1. The highest BCUT2D eigenvalue weighted by Gasteiger charge is 2.17. The molecule has 0 fully saturated rings. The summed E-state index contributed by atoms with van der Waals surface area (Å²) in [5.74, 6) is 0.0378. The van der Waals surface area contributed by atoms with E-state index >= 15 is 0 Å². The van der Waals surface area contributed by atoms with Gasteiger partial charge in [0.1, 0.15) is 5.69 Å². The molecular formula is C23H21N3O2. The average molecular weight is 371 g/mol. The topological polar surface area (TPSA) is 59.2 Å². The van der Waals surface area contributed by atoms with Crippen LogP contribution in [0.3, 0.4) is 0 Å². The second kappa shape index (κ2) is 8.05. The zero-order valence-electron chi connectivity index (χ0n) is 15.7. The molecule has 0 aliphatic carbocycles. The van der Waals surface area contributed by atoms with Gasteiger partial charge >= 0.3 is 0 Å². The lowest BCUT2D eigenvalue weighted by atomic mass is 10.0. The molecule has 5 nitrogen and oxygen atoms in total. The van der Waals surface area contributed by atoms with Crippen LogP contribution in [0.25, 0.3) is 22.1 Å². The Bertz CT molecular complexity index is 1090. The third-order valence-corrected chi connectivity index (χ3v) is 4.82. The molecule has 0 N–H and O–H groups in total. The second-order valence-electron chi connectivity index (χ2n) is 6.65. The highest BCUT2D eigenvalue weighted by molar-refractivity contribution is 5.86. The van der Waals surface area contributed by atoms with Crippen molar-refractivity contribution < 1.29 is 9.32 Å². The normalized spacial score (nSPS) is 10.9. The Labute approximate surface area is 163 Å². The second-order valence-corrected chi connectivity index (χ2v) is 6.65. The minimum atomic E-state index is 0.0378. The van der Waals surface area contributed by atoms with Crippen molar-refractivity contribution in [3.8, 4) is 11.1 Å². The molecule has 0 unspecified atom stereocenters.